The summed E-state index contributed by atoms with van der Waals surface area (Å²) in [6, 6.07) is 5.78. The smallest absolute Gasteiger partial charge is 0.194 e. The highest BCUT2D eigenvalue weighted by molar-refractivity contribution is 14.0. The van der Waals surface area contributed by atoms with Crippen molar-refractivity contribution in [3.05, 3.63) is 34.1 Å². The fraction of sp³-hybridized carbons (Fsp3) is 0.462. The third-order valence-electron chi connectivity index (χ3n) is 3.54. The van der Waals surface area contributed by atoms with Crippen LogP contribution in [0, 0.1) is 5.82 Å². The first kappa shape index (κ1) is 15.0. The maximum atomic E-state index is 13.5. The topological polar surface area (TPSA) is 27.6 Å². The second-order valence-corrected chi connectivity index (χ2v) is 5.75. The van der Waals surface area contributed by atoms with Crippen LogP contribution in [0.1, 0.15) is 17.9 Å². The number of hydrogen-bond acceptors (Lipinski definition) is 3. The molecule has 1 N–H and O–H groups in total. The Morgan fingerprint density at radius 2 is 2.26 bits per heavy atom. The van der Waals surface area contributed by atoms with E-state index in [1.165, 1.54) is 0 Å². The maximum Gasteiger partial charge on any atom is 0.194 e. The number of nitrogens with one attached hydrogen (secondary N) is 1. The Morgan fingerprint density at radius 1 is 1.47 bits per heavy atom. The standard InChI is InChI=1S/C13H15BrFN3.HI/c1-18-5-4-16-13(18)17-12-7-9(12)8-2-3-10(14)11(15)6-8;/h2-3,6,9,12H,4-5,7H2,1H3,(H,16,17);1H/t9-,12+;/m0./s1. The number of aliphatic imine (C=N–C) groups is 1. The lowest BCUT2D eigenvalue weighted by Crippen LogP contribution is -2.37. The Labute approximate surface area is 137 Å². The maximum absolute atomic E-state index is 13.5. The van der Waals surface area contributed by atoms with Gasteiger partial charge in [-0.3, -0.25) is 4.99 Å². The van der Waals surface area contributed by atoms with Crippen molar-refractivity contribution in [2.75, 3.05) is 20.1 Å². The van der Waals surface area contributed by atoms with E-state index in [4.69, 9.17) is 0 Å². The van der Waals surface area contributed by atoms with Gasteiger partial charge in [-0.15, -0.1) is 24.0 Å². The summed E-state index contributed by atoms with van der Waals surface area (Å²) < 4.78 is 14.0. The third kappa shape index (κ3) is 3.21. The Bertz CT molecular complexity index is 509. The van der Waals surface area contributed by atoms with Gasteiger partial charge in [0, 0.05) is 25.6 Å². The molecule has 0 amide bonds. The summed E-state index contributed by atoms with van der Waals surface area (Å²) in [6.45, 7) is 1.84. The van der Waals surface area contributed by atoms with Crippen LogP contribution in [0.15, 0.2) is 27.7 Å². The summed E-state index contributed by atoms with van der Waals surface area (Å²) in [7, 11) is 2.04. The summed E-state index contributed by atoms with van der Waals surface area (Å²) in [5, 5.41) is 3.43. The zero-order valence-corrected chi connectivity index (χ0v) is 14.5. The van der Waals surface area contributed by atoms with Crippen LogP contribution in [0.25, 0.3) is 0 Å². The lowest BCUT2D eigenvalue weighted by atomic mass is 10.1. The number of nitrogens with zero attached hydrogens (tertiary/aromatic N) is 2. The lowest BCUT2D eigenvalue weighted by Gasteiger charge is -2.15. The molecule has 1 aromatic carbocycles. The first-order valence-electron chi connectivity index (χ1n) is 6.12. The molecule has 1 aliphatic carbocycles. The van der Waals surface area contributed by atoms with Gasteiger partial charge in [0.2, 0.25) is 0 Å². The molecule has 1 aliphatic heterocycles. The van der Waals surface area contributed by atoms with Crippen molar-refractivity contribution in [2.24, 2.45) is 4.99 Å². The number of rotatable bonds is 2. The summed E-state index contributed by atoms with van der Waals surface area (Å²) in [6.07, 6.45) is 1.05. The second-order valence-electron chi connectivity index (χ2n) is 4.89. The monoisotopic (exact) mass is 439 g/mol. The molecule has 1 saturated carbocycles. The molecule has 1 aromatic rings. The van der Waals surface area contributed by atoms with Gasteiger partial charge in [-0.2, -0.15) is 0 Å². The van der Waals surface area contributed by atoms with Crippen LogP contribution in [0.4, 0.5) is 4.39 Å². The summed E-state index contributed by atoms with van der Waals surface area (Å²) in [5.41, 5.74) is 1.06. The van der Waals surface area contributed by atoms with Crippen LogP contribution < -0.4 is 5.32 Å². The highest BCUT2D eigenvalue weighted by atomic mass is 127. The molecule has 6 heteroatoms. The van der Waals surface area contributed by atoms with Gasteiger partial charge in [0.25, 0.3) is 0 Å². The molecule has 2 atom stereocenters. The molecule has 0 spiro atoms. The van der Waals surface area contributed by atoms with Gasteiger partial charge < -0.3 is 10.2 Å². The van der Waals surface area contributed by atoms with Gasteiger partial charge in [0.1, 0.15) is 5.82 Å². The van der Waals surface area contributed by atoms with E-state index in [9.17, 15) is 4.39 Å². The fourth-order valence-corrected chi connectivity index (χ4v) is 2.57. The van der Waals surface area contributed by atoms with Gasteiger partial charge in [-0.25, -0.2) is 4.39 Å². The Morgan fingerprint density at radius 3 is 2.89 bits per heavy atom. The van der Waals surface area contributed by atoms with Crippen LogP contribution in [0.2, 0.25) is 0 Å². The Hall–Kier alpha value is -0.370. The van der Waals surface area contributed by atoms with Gasteiger partial charge >= 0.3 is 0 Å². The normalized spacial score (nSPS) is 24.8. The Balaban J connectivity index is 0.00000133. The van der Waals surface area contributed by atoms with E-state index >= 15 is 0 Å². The van der Waals surface area contributed by atoms with Crippen molar-refractivity contribution in [1.82, 2.24) is 10.2 Å². The zero-order chi connectivity index (χ0) is 12.7. The molecular formula is C13H16BrFIN3. The van der Waals surface area contributed by atoms with E-state index in [2.05, 4.69) is 31.1 Å². The van der Waals surface area contributed by atoms with Crippen molar-refractivity contribution in [3.8, 4) is 0 Å². The largest absolute Gasteiger partial charge is 0.353 e. The molecule has 2 aliphatic rings. The van der Waals surface area contributed by atoms with Gasteiger partial charge in [-0.05, 0) is 40.0 Å². The summed E-state index contributed by atoms with van der Waals surface area (Å²) in [5.74, 6) is 1.19. The molecule has 0 radical (unpaired) electrons. The number of guanidine groups is 1. The number of hydrogen-bond donors (Lipinski definition) is 1. The zero-order valence-electron chi connectivity index (χ0n) is 10.6. The minimum absolute atomic E-state index is 0. The van der Waals surface area contributed by atoms with Crippen LogP contribution in [0.3, 0.4) is 0 Å². The van der Waals surface area contributed by atoms with Gasteiger partial charge in [-0.1, -0.05) is 6.07 Å². The highest BCUT2D eigenvalue weighted by Gasteiger charge is 2.40. The first-order valence-corrected chi connectivity index (χ1v) is 6.91. The Kier molecular flexibility index (Phi) is 4.70. The molecule has 0 saturated heterocycles. The minimum Gasteiger partial charge on any atom is -0.353 e. The van der Waals surface area contributed by atoms with Crippen molar-refractivity contribution in [3.63, 3.8) is 0 Å². The quantitative estimate of drug-likeness (QED) is 0.717. The van der Waals surface area contributed by atoms with Crippen molar-refractivity contribution in [2.45, 2.75) is 18.4 Å². The molecular weight excluding hydrogens is 424 g/mol. The van der Waals surface area contributed by atoms with Gasteiger partial charge in [0.15, 0.2) is 5.96 Å². The second kappa shape index (κ2) is 5.95. The SMILES string of the molecule is CN1CCN=C1N[C@@H]1C[C@H]1c1ccc(Br)c(F)c1.I. The fourth-order valence-electron chi connectivity index (χ4n) is 2.32. The van der Waals surface area contributed by atoms with E-state index in [1.54, 1.807) is 12.1 Å². The number of benzene rings is 1. The van der Waals surface area contributed by atoms with Crippen LogP contribution in [0.5, 0.6) is 0 Å². The van der Waals surface area contributed by atoms with E-state index in [0.717, 1.165) is 31.0 Å². The first-order chi connectivity index (χ1) is 8.65. The predicted octanol–water partition coefficient (Wildman–Crippen LogP) is 2.95. The van der Waals surface area contributed by atoms with E-state index < -0.39 is 0 Å². The minimum atomic E-state index is -0.187. The summed E-state index contributed by atoms with van der Waals surface area (Å²) in [4.78, 5) is 6.53. The highest BCUT2D eigenvalue weighted by Crippen LogP contribution is 2.41. The molecule has 0 unspecified atom stereocenters. The van der Waals surface area contributed by atoms with Crippen LogP contribution in [-0.4, -0.2) is 37.0 Å². The van der Waals surface area contributed by atoms with Crippen molar-refractivity contribution < 1.29 is 4.39 Å². The molecule has 3 nitrogen and oxygen atoms in total. The molecule has 3 rings (SSSR count). The van der Waals surface area contributed by atoms with E-state index in [0.29, 0.717) is 16.4 Å². The van der Waals surface area contributed by atoms with Gasteiger partial charge in [0.05, 0.1) is 11.0 Å². The molecule has 19 heavy (non-hydrogen) atoms. The van der Waals surface area contributed by atoms with Crippen molar-refractivity contribution >= 4 is 45.9 Å². The molecule has 0 aromatic heterocycles. The van der Waals surface area contributed by atoms with Crippen LogP contribution in [-0.2, 0) is 0 Å². The molecule has 1 heterocycles. The lowest BCUT2D eigenvalue weighted by molar-refractivity contribution is 0.532. The number of likely N-dealkylation sites (N-methyl/N-ethyl adjacent to an activating group) is 1. The molecule has 1 fully saturated rings. The predicted molar refractivity (Wildman–Crippen MR) is 88.7 cm³/mol. The van der Waals surface area contributed by atoms with Crippen LogP contribution >= 0.6 is 39.9 Å². The van der Waals surface area contributed by atoms with E-state index in [-0.39, 0.29) is 29.8 Å². The molecule has 0 bridgehead atoms. The molecule has 104 valence electrons. The third-order valence-corrected chi connectivity index (χ3v) is 4.18. The number of halogens is 3. The van der Waals surface area contributed by atoms with E-state index in [1.807, 2.05) is 13.1 Å². The van der Waals surface area contributed by atoms with Crippen molar-refractivity contribution in [1.29, 1.82) is 0 Å². The average Bonchev–Trinajstić information content (AvgIpc) is 2.99. The average molecular weight is 440 g/mol. The summed E-state index contributed by atoms with van der Waals surface area (Å²) >= 11 is 3.18.